The number of non-ortho nitro benzene ring substituents is 2. The van der Waals surface area contributed by atoms with Gasteiger partial charge in [0, 0.05) is 62.2 Å². The number of nitro groups is 2. The second-order valence-electron chi connectivity index (χ2n) is 10.2. The summed E-state index contributed by atoms with van der Waals surface area (Å²) in [6.07, 6.45) is -1.95. The highest BCUT2D eigenvalue weighted by molar-refractivity contribution is 5.70. The molecule has 0 aliphatic carbocycles. The van der Waals surface area contributed by atoms with Crippen molar-refractivity contribution in [2.24, 2.45) is 11.8 Å². The maximum absolute atomic E-state index is 13.1. The van der Waals surface area contributed by atoms with Crippen LogP contribution in [0.25, 0.3) is 0 Å². The van der Waals surface area contributed by atoms with E-state index in [9.17, 15) is 39.7 Å². The van der Waals surface area contributed by atoms with E-state index in [-0.39, 0.29) is 69.1 Å². The van der Waals surface area contributed by atoms with E-state index in [4.69, 9.17) is 14.2 Å². The second-order valence-corrected chi connectivity index (χ2v) is 10.2. The molecule has 2 unspecified atom stereocenters. The Hall–Kier alpha value is -4.79. The Balaban J connectivity index is 1.41. The van der Waals surface area contributed by atoms with E-state index in [1.54, 1.807) is 0 Å². The fourth-order valence-corrected chi connectivity index (χ4v) is 5.23. The zero-order valence-corrected chi connectivity index (χ0v) is 22.7. The highest BCUT2D eigenvalue weighted by atomic mass is 16.6. The van der Waals surface area contributed by atoms with Crippen LogP contribution in [-0.2, 0) is 32.2 Å². The Morgan fingerprint density at radius 2 is 1.36 bits per heavy atom. The molecule has 15 nitrogen and oxygen atoms in total. The van der Waals surface area contributed by atoms with E-state index in [1.165, 1.54) is 65.3 Å². The number of aliphatic hydroxyl groups is 1. The van der Waals surface area contributed by atoms with Crippen LogP contribution < -0.4 is 0 Å². The predicted molar refractivity (Wildman–Crippen MR) is 143 cm³/mol. The number of amides is 2. The van der Waals surface area contributed by atoms with Gasteiger partial charge in [0.05, 0.1) is 29.1 Å². The van der Waals surface area contributed by atoms with Crippen molar-refractivity contribution in [1.29, 1.82) is 0 Å². The van der Waals surface area contributed by atoms with E-state index in [1.807, 2.05) is 0 Å². The van der Waals surface area contributed by atoms with Crippen LogP contribution in [0.4, 0.5) is 21.0 Å². The molecule has 0 bridgehead atoms. The average Bonchev–Trinajstić information content (AvgIpc) is 3.57. The number of β-amino-alcohol motifs (C(OH)–C–C–N with tert-alkyl or cyclic N) is 1. The Morgan fingerprint density at radius 3 is 1.86 bits per heavy atom. The molecule has 224 valence electrons. The first-order chi connectivity index (χ1) is 20.0. The van der Waals surface area contributed by atoms with Crippen LogP contribution in [0.1, 0.15) is 24.5 Å². The van der Waals surface area contributed by atoms with Gasteiger partial charge in [0.15, 0.2) is 0 Å². The van der Waals surface area contributed by atoms with Crippen molar-refractivity contribution < 1.29 is 43.5 Å². The highest BCUT2D eigenvalue weighted by Gasteiger charge is 2.48. The fraction of sp³-hybridized carbons (Fsp3) is 0.444. The number of nitro benzene ring substituents is 2. The number of esters is 1. The van der Waals surface area contributed by atoms with Crippen LogP contribution >= 0.6 is 0 Å². The maximum Gasteiger partial charge on any atom is 0.410 e. The number of carbonyl (C=O) groups is 3. The lowest BCUT2D eigenvalue weighted by Crippen LogP contribution is -2.44. The standard InChI is InChI=1S/C27H30N4O11/c1-17(32)40-16-20-11-28(26(34)41-14-18-2-6-21(7-3-18)30(36)37)13-24(20)25-10-23(33)12-29(25)27(35)42-15-19-4-8-22(9-5-19)31(38)39/h2-9,20,23-25,33H,10-16H2,1H3/t20?,23-,24?,25+/m1/s1. The lowest BCUT2D eigenvalue weighted by atomic mass is 9.88. The third-order valence-electron chi connectivity index (χ3n) is 7.32. The van der Waals surface area contributed by atoms with Crippen molar-refractivity contribution in [2.45, 2.75) is 38.7 Å². The lowest BCUT2D eigenvalue weighted by Gasteiger charge is -2.31. The van der Waals surface area contributed by atoms with Crippen LogP contribution in [0, 0.1) is 32.1 Å². The molecule has 2 fully saturated rings. The summed E-state index contributed by atoms with van der Waals surface area (Å²) in [6, 6.07) is 10.6. The first kappa shape index (κ1) is 30.2. The molecule has 1 N–H and O–H groups in total. The summed E-state index contributed by atoms with van der Waals surface area (Å²) >= 11 is 0. The van der Waals surface area contributed by atoms with Gasteiger partial charge in [-0.25, -0.2) is 9.59 Å². The number of benzene rings is 2. The van der Waals surface area contributed by atoms with Gasteiger partial charge >= 0.3 is 18.2 Å². The third kappa shape index (κ3) is 7.48. The molecule has 2 heterocycles. The third-order valence-corrected chi connectivity index (χ3v) is 7.32. The van der Waals surface area contributed by atoms with Crippen LogP contribution in [0.5, 0.6) is 0 Å². The van der Waals surface area contributed by atoms with Crippen molar-refractivity contribution >= 4 is 29.5 Å². The van der Waals surface area contributed by atoms with Crippen molar-refractivity contribution in [3.8, 4) is 0 Å². The van der Waals surface area contributed by atoms with Crippen LogP contribution in [-0.4, -0.2) is 81.3 Å². The summed E-state index contributed by atoms with van der Waals surface area (Å²) in [4.78, 5) is 61.0. The van der Waals surface area contributed by atoms with E-state index < -0.39 is 40.1 Å². The van der Waals surface area contributed by atoms with Crippen molar-refractivity contribution in [2.75, 3.05) is 26.2 Å². The number of aliphatic hydroxyl groups excluding tert-OH is 1. The molecule has 2 amide bonds. The van der Waals surface area contributed by atoms with Gasteiger partial charge in [-0.15, -0.1) is 0 Å². The van der Waals surface area contributed by atoms with Gasteiger partial charge in [0.25, 0.3) is 11.4 Å². The topological polar surface area (TPSA) is 192 Å². The summed E-state index contributed by atoms with van der Waals surface area (Å²) in [5, 5.41) is 32.2. The number of hydrogen-bond acceptors (Lipinski definition) is 11. The predicted octanol–water partition coefficient (Wildman–Crippen LogP) is 3.02. The van der Waals surface area contributed by atoms with Gasteiger partial charge in [0.1, 0.15) is 13.2 Å². The first-order valence-electron chi connectivity index (χ1n) is 13.1. The van der Waals surface area contributed by atoms with E-state index in [2.05, 4.69) is 0 Å². The molecule has 4 atom stereocenters. The second kappa shape index (κ2) is 13.2. The zero-order valence-electron chi connectivity index (χ0n) is 22.7. The van der Waals surface area contributed by atoms with Crippen molar-refractivity contribution in [3.05, 3.63) is 79.9 Å². The molecular weight excluding hydrogens is 556 g/mol. The smallest absolute Gasteiger partial charge is 0.410 e. The number of nitrogens with zero attached hydrogens (tertiary/aromatic N) is 4. The zero-order chi connectivity index (χ0) is 30.4. The monoisotopic (exact) mass is 586 g/mol. The van der Waals surface area contributed by atoms with E-state index in [0.29, 0.717) is 11.1 Å². The number of hydrogen-bond donors (Lipinski definition) is 1. The summed E-state index contributed by atoms with van der Waals surface area (Å²) in [5.74, 6) is -1.24. The average molecular weight is 587 g/mol. The molecular formula is C27H30N4O11. The molecule has 0 aromatic heterocycles. The van der Waals surface area contributed by atoms with Crippen LogP contribution in [0.15, 0.2) is 48.5 Å². The quantitative estimate of drug-likeness (QED) is 0.196. The number of carbonyl (C=O) groups excluding carboxylic acids is 3. The molecule has 0 radical (unpaired) electrons. The van der Waals surface area contributed by atoms with Gasteiger partial charge in [0.2, 0.25) is 0 Å². The SMILES string of the molecule is CC(=O)OCC1CN(C(=O)OCc2ccc([N+](=O)[O-])cc2)CC1[C@@H]1C[C@@H](O)CN1C(=O)OCc1ccc([N+](=O)[O-])cc1. The number of rotatable bonds is 9. The van der Waals surface area contributed by atoms with Gasteiger partial charge in [-0.05, 0) is 41.8 Å². The summed E-state index contributed by atoms with van der Waals surface area (Å²) in [7, 11) is 0. The first-order valence-corrected chi connectivity index (χ1v) is 13.1. The minimum atomic E-state index is -0.834. The minimum Gasteiger partial charge on any atom is -0.465 e. The number of likely N-dealkylation sites (tertiary alicyclic amines) is 2. The van der Waals surface area contributed by atoms with Crippen molar-refractivity contribution in [3.63, 3.8) is 0 Å². The molecule has 42 heavy (non-hydrogen) atoms. The highest BCUT2D eigenvalue weighted by Crippen LogP contribution is 2.36. The van der Waals surface area contributed by atoms with Gasteiger partial charge < -0.3 is 29.1 Å². The fourth-order valence-electron chi connectivity index (χ4n) is 5.23. The Morgan fingerprint density at radius 1 is 0.833 bits per heavy atom. The van der Waals surface area contributed by atoms with E-state index >= 15 is 0 Å². The van der Waals surface area contributed by atoms with Crippen molar-refractivity contribution in [1.82, 2.24) is 9.80 Å². The summed E-state index contributed by atoms with van der Waals surface area (Å²) < 4.78 is 16.1. The van der Waals surface area contributed by atoms with Crippen LogP contribution in [0.2, 0.25) is 0 Å². The Bertz CT molecular complexity index is 1320. The van der Waals surface area contributed by atoms with Gasteiger partial charge in [-0.2, -0.15) is 0 Å². The molecule has 4 rings (SSSR count). The summed E-state index contributed by atoms with van der Waals surface area (Å²) in [6.45, 7) is 1.34. The molecule has 2 aromatic rings. The Kier molecular flexibility index (Phi) is 9.52. The molecule has 0 saturated carbocycles. The molecule has 0 spiro atoms. The normalized spacial score (nSPS) is 21.6. The molecule has 2 aliphatic heterocycles. The maximum atomic E-state index is 13.1. The molecule has 2 aliphatic rings. The van der Waals surface area contributed by atoms with Gasteiger partial charge in [-0.3, -0.25) is 25.0 Å². The molecule has 2 aromatic carbocycles. The minimum absolute atomic E-state index is 0.00510. The number of ether oxygens (including phenoxy) is 3. The van der Waals surface area contributed by atoms with Gasteiger partial charge in [-0.1, -0.05) is 0 Å². The largest absolute Gasteiger partial charge is 0.465 e. The summed E-state index contributed by atoms with van der Waals surface area (Å²) in [5.41, 5.74) is 0.918. The Labute approximate surface area is 239 Å². The van der Waals surface area contributed by atoms with E-state index in [0.717, 1.165) is 0 Å². The van der Waals surface area contributed by atoms with Crippen LogP contribution in [0.3, 0.4) is 0 Å². The molecule has 2 saturated heterocycles. The lowest BCUT2D eigenvalue weighted by molar-refractivity contribution is -0.385. The molecule has 15 heteroatoms.